The lowest BCUT2D eigenvalue weighted by molar-refractivity contribution is -0.137. The number of nitrogens with zero attached hydrogens (tertiary/aromatic N) is 1. The Kier molecular flexibility index (Phi) is 3.61. The number of nitrogens with two attached hydrogens (primary N) is 1. The molecule has 0 bridgehead atoms. The molecule has 102 valence electrons. The van der Waals surface area contributed by atoms with Crippen molar-refractivity contribution >= 4 is 11.8 Å². The molecule has 0 aliphatic carbocycles. The van der Waals surface area contributed by atoms with E-state index < -0.39 is 5.41 Å². The summed E-state index contributed by atoms with van der Waals surface area (Å²) in [7, 11) is 0. The number of piperidine rings is 1. The van der Waals surface area contributed by atoms with Gasteiger partial charge in [-0.05, 0) is 39.7 Å². The van der Waals surface area contributed by atoms with Crippen LogP contribution in [-0.4, -0.2) is 42.4 Å². The summed E-state index contributed by atoms with van der Waals surface area (Å²) in [6.45, 7) is 6.03. The van der Waals surface area contributed by atoms with Gasteiger partial charge in [-0.1, -0.05) is 0 Å². The van der Waals surface area contributed by atoms with Crippen LogP contribution >= 0.6 is 0 Å². The summed E-state index contributed by atoms with van der Waals surface area (Å²) in [5.41, 5.74) is 4.87. The molecule has 2 amide bonds. The van der Waals surface area contributed by atoms with Gasteiger partial charge in [-0.3, -0.25) is 9.59 Å². The molecule has 0 spiro atoms. The number of hydrogen-bond acceptors (Lipinski definition) is 3. The summed E-state index contributed by atoms with van der Waals surface area (Å²) < 4.78 is 0. The van der Waals surface area contributed by atoms with Gasteiger partial charge in [0.1, 0.15) is 0 Å². The van der Waals surface area contributed by atoms with Gasteiger partial charge in [-0.2, -0.15) is 0 Å². The van der Waals surface area contributed by atoms with Crippen molar-refractivity contribution < 1.29 is 9.59 Å². The van der Waals surface area contributed by atoms with Crippen molar-refractivity contribution in [3.63, 3.8) is 0 Å². The maximum atomic E-state index is 12.5. The summed E-state index contributed by atoms with van der Waals surface area (Å²) in [6.07, 6.45) is 2.67. The summed E-state index contributed by atoms with van der Waals surface area (Å²) in [5, 5.41) is 3.34. The molecule has 0 radical (unpaired) electrons. The molecule has 18 heavy (non-hydrogen) atoms. The van der Waals surface area contributed by atoms with Crippen molar-refractivity contribution in [3.05, 3.63) is 0 Å². The zero-order chi connectivity index (χ0) is 13.3. The molecule has 2 rings (SSSR count). The fraction of sp³-hybridized carbons (Fsp3) is 0.846. The normalized spacial score (nSPS) is 36.7. The summed E-state index contributed by atoms with van der Waals surface area (Å²) in [6, 6.07) is 0.228. The number of nitrogens with one attached hydrogen (secondary N) is 1. The van der Waals surface area contributed by atoms with E-state index >= 15 is 0 Å². The Hall–Kier alpha value is -1.10. The second-order valence-corrected chi connectivity index (χ2v) is 5.93. The molecule has 3 N–H and O–H groups in total. The second kappa shape index (κ2) is 4.88. The third-order valence-corrected chi connectivity index (χ3v) is 4.46. The molecule has 0 aromatic carbocycles. The number of carbonyl (C=O) groups is 2. The van der Waals surface area contributed by atoms with Crippen molar-refractivity contribution in [1.82, 2.24) is 10.2 Å². The Balaban J connectivity index is 2.01. The van der Waals surface area contributed by atoms with Gasteiger partial charge < -0.3 is 16.0 Å². The van der Waals surface area contributed by atoms with Gasteiger partial charge in [0, 0.05) is 19.1 Å². The number of amides is 2. The molecule has 2 saturated heterocycles. The van der Waals surface area contributed by atoms with Gasteiger partial charge in [-0.15, -0.1) is 0 Å². The molecule has 0 saturated carbocycles. The molecule has 2 aliphatic heterocycles. The molecule has 0 aromatic rings. The highest BCUT2D eigenvalue weighted by molar-refractivity contribution is 5.84. The average molecular weight is 253 g/mol. The molecule has 2 heterocycles. The zero-order valence-electron chi connectivity index (χ0n) is 11.2. The minimum absolute atomic E-state index is 0.0500. The Morgan fingerprint density at radius 1 is 1.44 bits per heavy atom. The molecule has 0 aromatic heterocycles. The van der Waals surface area contributed by atoms with Crippen molar-refractivity contribution in [1.29, 1.82) is 0 Å². The predicted molar refractivity (Wildman–Crippen MR) is 68.7 cm³/mol. The fourth-order valence-corrected chi connectivity index (χ4v) is 2.97. The van der Waals surface area contributed by atoms with Gasteiger partial charge in [0.15, 0.2) is 0 Å². The number of carbonyl (C=O) groups excluding carboxylic acids is 2. The number of primary amides is 1. The third kappa shape index (κ3) is 2.36. The highest BCUT2D eigenvalue weighted by Gasteiger charge is 2.42. The molecular formula is C13H23N3O2. The van der Waals surface area contributed by atoms with E-state index in [1.807, 2.05) is 11.8 Å². The first-order valence-corrected chi connectivity index (χ1v) is 6.76. The quantitative estimate of drug-likeness (QED) is 0.733. The Morgan fingerprint density at radius 2 is 2.17 bits per heavy atom. The van der Waals surface area contributed by atoms with Crippen LogP contribution in [0.15, 0.2) is 0 Å². The summed E-state index contributed by atoms with van der Waals surface area (Å²) in [5.74, 6) is -0.0683. The maximum absolute atomic E-state index is 12.5. The van der Waals surface area contributed by atoms with E-state index in [-0.39, 0.29) is 23.8 Å². The van der Waals surface area contributed by atoms with E-state index in [4.69, 9.17) is 5.73 Å². The largest absolute Gasteiger partial charge is 0.369 e. The van der Waals surface area contributed by atoms with Gasteiger partial charge in [0.2, 0.25) is 11.8 Å². The van der Waals surface area contributed by atoms with E-state index in [2.05, 4.69) is 12.2 Å². The highest BCUT2D eigenvalue weighted by Crippen LogP contribution is 2.31. The van der Waals surface area contributed by atoms with Crippen LogP contribution < -0.4 is 11.1 Å². The van der Waals surface area contributed by atoms with Crippen LogP contribution in [0.4, 0.5) is 0 Å². The second-order valence-electron chi connectivity index (χ2n) is 5.93. The Morgan fingerprint density at radius 3 is 2.72 bits per heavy atom. The minimum Gasteiger partial charge on any atom is -0.369 e. The van der Waals surface area contributed by atoms with Crippen molar-refractivity contribution in [3.8, 4) is 0 Å². The predicted octanol–water partition coefficient (Wildman–Crippen LogP) is 0.0984. The lowest BCUT2D eigenvalue weighted by Crippen LogP contribution is -2.48. The van der Waals surface area contributed by atoms with Crippen molar-refractivity contribution in [2.24, 2.45) is 17.1 Å². The Labute approximate surface area is 108 Å². The van der Waals surface area contributed by atoms with Gasteiger partial charge in [-0.25, -0.2) is 0 Å². The maximum Gasteiger partial charge on any atom is 0.227 e. The topological polar surface area (TPSA) is 75.4 Å². The van der Waals surface area contributed by atoms with Gasteiger partial charge in [0.05, 0.1) is 11.3 Å². The highest BCUT2D eigenvalue weighted by atomic mass is 16.2. The molecule has 5 heteroatoms. The number of rotatable bonds is 2. The SMILES string of the molecule is CC1NCCCC1C(=O)N1CCC(C)(C(N)=O)C1. The molecule has 2 aliphatic rings. The summed E-state index contributed by atoms with van der Waals surface area (Å²) in [4.78, 5) is 25.7. The van der Waals surface area contributed by atoms with E-state index in [0.29, 0.717) is 19.5 Å². The standard InChI is InChI=1S/C13H23N3O2/c1-9-10(4-3-6-15-9)11(17)16-7-5-13(2,8-16)12(14)18/h9-10,15H,3-8H2,1-2H3,(H2,14,18). The lowest BCUT2D eigenvalue weighted by Gasteiger charge is -2.32. The van der Waals surface area contributed by atoms with E-state index in [9.17, 15) is 9.59 Å². The van der Waals surface area contributed by atoms with Gasteiger partial charge in [0.25, 0.3) is 0 Å². The lowest BCUT2D eigenvalue weighted by atomic mass is 9.88. The fourth-order valence-electron chi connectivity index (χ4n) is 2.97. The van der Waals surface area contributed by atoms with E-state index in [0.717, 1.165) is 19.4 Å². The summed E-state index contributed by atoms with van der Waals surface area (Å²) >= 11 is 0. The van der Waals surface area contributed by atoms with Crippen molar-refractivity contribution in [2.75, 3.05) is 19.6 Å². The molecule has 5 nitrogen and oxygen atoms in total. The zero-order valence-corrected chi connectivity index (χ0v) is 11.2. The van der Waals surface area contributed by atoms with Crippen LogP contribution in [0.5, 0.6) is 0 Å². The first kappa shape index (κ1) is 13.3. The first-order valence-electron chi connectivity index (χ1n) is 6.76. The number of hydrogen-bond donors (Lipinski definition) is 2. The monoisotopic (exact) mass is 253 g/mol. The van der Waals surface area contributed by atoms with Crippen LogP contribution in [0.2, 0.25) is 0 Å². The minimum atomic E-state index is -0.541. The van der Waals surface area contributed by atoms with E-state index in [1.165, 1.54) is 0 Å². The molecular weight excluding hydrogens is 230 g/mol. The van der Waals surface area contributed by atoms with Crippen molar-refractivity contribution in [2.45, 2.75) is 39.2 Å². The molecule has 2 fully saturated rings. The average Bonchev–Trinajstić information content (AvgIpc) is 2.73. The van der Waals surface area contributed by atoms with Crippen LogP contribution in [0.1, 0.15) is 33.1 Å². The smallest absolute Gasteiger partial charge is 0.227 e. The number of likely N-dealkylation sites (tertiary alicyclic amines) is 1. The third-order valence-electron chi connectivity index (χ3n) is 4.46. The molecule has 3 atom stereocenters. The molecule has 3 unspecified atom stereocenters. The Bertz CT molecular complexity index is 358. The van der Waals surface area contributed by atoms with Gasteiger partial charge >= 0.3 is 0 Å². The van der Waals surface area contributed by atoms with Crippen LogP contribution in [0.3, 0.4) is 0 Å². The first-order chi connectivity index (χ1) is 8.44. The van der Waals surface area contributed by atoms with Crippen LogP contribution in [0.25, 0.3) is 0 Å². The van der Waals surface area contributed by atoms with Crippen LogP contribution in [-0.2, 0) is 9.59 Å². The van der Waals surface area contributed by atoms with E-state index in [1.54, 1.807) is 0 Å². The van der Waals surface area contributed by atoms with Crippen LogP contribution in [0, 0.1) is 11.3 Å².